The summed E-state index contributed by atoms with van der Waals surface area (Å²) >= 11 is 0. The molecule has 0 aliphatic carbocycles. The van der Waals surface area contributed by atoms with Gasteiger partial charge < -0.3 is 13.7 Å². The van der Waals surface area contributed by atoms with Gasteiger partial charge in [-0.1, -0.05) is 133 Å². The van der Waals surface area contributed by atoms with Gasteiger partial charge in [-0.25, -0.2) is 0 Å². The van der Waals surface area contributed by atoms with Crippen LogP contribution >= 0.6 is 0 Å². The Morgan fingerprint density at radius 1 is 0.271 bits per heavy atom. The lowest BCUT2D eigenvalue weighted by atomic mass is 9.85. The third-order valence-electron chi connectivity index (χ3n) is 12.6. The molecule has 0 radical (unpaired) electrons. The molecule has 0 saturated carbocycles. The number of benzene rings is 8. The third kappa shape index (κ3) is 5.56. The van der Waals surface area contributed by atoms with Gasteiger partial charge in [0, 0.05) is 49.4 Å². The highest BCUT2D eigenvalue weighted by atomic mass is 15.0. The lowest BCUT2D eigenvalue weighted by molar-refractivity contribution is 0.590. The minimum Gasteiger partial charge on any atom is -0.309 e. The first-order valence-electron chi connectivity index (χ1n) is 20.9. The van der Waals surface area contributed by atoms with Crippen LogP contribution in [0.25, 0.3) is 93.6 Å². The van der Waals surface area contributed by atoms with Crippen LogP contribution in [0.1, 0.15) is 52.7 Å². The van der Waals surface area contributed by atoms with E-state index in [0.29, 0.717) is 0 Å². The molecule has 0 aliphatic heterocycles. The summed E-state index contributed by atoms with van der Waals surface area (Å²) in [7, 11) is 0. The second-order valence-electron chi connectivity index (χ2n) is 18.3. The molecular formula is C56H47N3. The standard InChI is InChI=1S/C56H47N3/c1-55(2,3)38-25-30-53-47(33-38)48-34-39(56(4,5)6)26-31-54(48)57(53)40-27-22-36(23-28-40)37-24-29-52-46(32-37)45-18-9-12-21-51(45)59(52)42-15-13-14-41(35-42)58-49-19-10-7-16-43(49)44-17-8-11-20-50(44)58/h7-35H,1-6H3. The molecule has 59 heavy (non-hydrogen) atoms. The second kappa shape index (κ2) is 12.8. The van der Waals surface area contributed by atoms with E-state index in [9.17, 15) is 0 Å². The van der Waals surface area contributed by atoms with Crippen LogP contribution in [0.4, 0.5) is 0 Å². The topological polar surface area (TPSA) is 14.8 Å². The minimum absolute atomic E-state index is 0.0663. The van der Waals surface area contributed by atoms with E-state index in [1.807, 2.05) is 0 Å². The van der Waals surface area contributed by atoms with Crippen LogP contribution in [-0.2, 0) is 10.8 Å². The highest BCUT2D eigenvalue weighted by Gasteiger charge is 2.21. The fourth-order valence-electron chi connectivity index (χ4n) is 9.44. The number of rotatable bonds is 4. The van der Waals surface area contributed by atoms with Gasteiger partial charge in [0.1, 0.15) is 0 Å². The summed E-state index contributed by atoms with van der Waals surface area (Å²) in [6.07, 6.45) is 0. The van der Waals surface area contributed by atoms with Gasteiger partial charge in [-0.2, -0.15) is 0 Å². The molecule has 8 aromatic carbocycles. The highest BCUT2D eigenvalue weighted by molar-refractivity contribution is 6.12. The van der Waals surface area contributed by atoms with Gasteiger partial charge in [0.05, 0.1) is 33.1 Å². The van der Waals surface area contributed by atoms with Crippen molar-refractivity contribution < 1.29 is 0 Å². The number of hydrogen-bond acceptors (Lipinski definition) is 0. The molecule has 3 aromatic heterocycles. The number of hydrogen-bond donors (Lipinski definition) is 0. The summed E-state index contributed by atoms with van der Waals surface area (Å²) in [6, 6.07) is 65.4. The number of aromatic nitrogens is 3. The zero-order chi connectivity index (χ0) is 40.2. The van der Waals surface area contributed by atoms with Crippen molar-refractivity contribution >= 4 is 65.4 Å². The largest absolute Gasteiger partial charge is 0.309 e. The van der Waals surface area contributed by atoms with Gasteiger partial charge in [-0.15, -0.1) is 0 Å². The SMILES string of the molecule is CC(C)(C)c1ccc2c(c1)c1cc(C(C)(C)C)ccc1n2-c1ccc(-c2ccc3c(c2)c2ccccc2n3-c2cccc(-n3c4ccccc4c4ccccc43)c2)cc1. The zero-order valence-corrected chi connectivity index (χ0v) is 34.6. The lowest BCUT2D eigenvalue weighted by Crippen LogP contribution is -2.10. The van der Waals surface area contributed by atoms with Gasteiger partial charge >= 0.3 is 0 Å². The molecule has 0 unspecified atom stereocenters. The van der Waals surface area contributed by atoms with Gasteiger partial charge in [-0.3, -0.25) is 0 Å². The minimum atomic E-state index is 0.0663. The molecule has 3 heteroatoms. The van der Waals surface area contributed by atoms with E-state index >= 15 is 0 Å². The number of fused-ring (bicyclic) bond motifs is 9. The van der Waals surface area contributed by atoms with Crippen LogP contribution in [0.3, 0.4) is 0 Å². The summed E-state index contributed by atoms with van der Waals surface area (Å²) in [5.74, 6) is 0. The Balaban J connectivity index is 1.02. The molecule has 11 rings (SSSR count). The summed E-state index contributed by atoms with van der Waals surface area (Å²) < 4.78 is 7.26. The van der Waals surface area contributed by atoms with E-state index in [2.05, 4.69) is 231 Å². The van der Waals surface area contributed by atoms with E-state index in [1.54, 1.807) is 0 Å². The molecule has 0 aliphatic rings. The fourth-order valence-corrected chi connectivity index (χ4v) is 9.44. The maximum atomic E-state index is 2.44. The molecule has 11 aromatic rings. The third-order valence-corrected chi connectivity index (χ3v) is 12.6. The van der Waals surface area contributed by atoms with Crippen molar-refractivity contribution in [1.82, 2.24) is 13.7 Å². The molecule has 0 amide bonds. The Kier molecular flexibility index (Phi) is 7.68. The summed E-state index contributed by atoms with van der Waals surface area (Å²) in [5, 5.41) is 7.65. The van der Waals surface area contributed by atoms with E-state index in [4.69, 9.17) is 0 Å². The van der Waals surface area contributed by atoms with Gasteiger partial charge in [0.25, 0.3) is 0 Å². The average molecular weight is 762 g/mol. The van der Waals surface area contributed by atoms with Gasteiger partial charge in [-0.05, 0) is 118 Å². The normalized spacial score (nSPS) is 12.6. The quantitative estimate of drug-likeness (QED) is 0.170. The zero-order valence-electron chi connectivity index (χ0n) is 34.6. The number of nitrogens with zero attached hydrogens (tertiary/aromatic N) is 3. The van der Waals surface area contributed by atoms with Crippen LogP contribution in [-0.4, -0.2) is 13.7 Å². The second-order valence-corrected chi connectivity index (χ2v) is 18.3. The van der Waals surface area contributed by atoms with Crippen LogP contribution in [0.5, 0.6) is 0 Å². The first-order valence-corrected chi connectivity index (χ1v) is 20.9. The van der Waals surface area contributed by atoms with Crippen molar-refractivity contribution in [3.63, 3.8) is 0 Å². The van der Waals surface area contributed by atoms with Crippen LogP contribution in [0.15, 0.2) is 176 Å². The number of para-hydroxylation sites is 3. The van der Waals surface area contributed by atoms with E-state index < -0.39 is 0 Å². The molecule has 0 N–H and O–H groups in total. The lowest BCUT2D eigenvalue weighted by Gasteiger charge is -2.19. The molecule has 0 fully saturated rings. The summed E-state index contributed by atoms with van der Waals surface area (Å²) in [4.78, 5) is 0. The Hall–Kier alpha value is -6.84. The Bertz CT molecular complexity index is 3320. The molecule has 0 saturated heterocycles. The van der Waals surface area contributed by atoms with Crippen molar-refractivity contribution in [1.29, 1.82) is 0 Å². The van der Waals surface area contributed by atoms with Crippen molar-refractivity contribution in [3.8, 4) is 28.2 Å². The predicted octanol–water partition coefficient (Wildman–Crippen LogP) is 15.2. The monoisotopic (exact) mass is 761 g/mol. The maximum absolute atomic E-state index is 2.44. The Labute approximate surface area is 345 Å². The Morgan fingerprint density at radius 3 is 1.12 bits per heavy atom. The first kappa shape index (κ1) is 35.3. The Morgan fingerprint density at radius 2 is 0.644 bits per heavy atom. The van der Waals surface area contributed by atoms with Crippen molar-refractivity contribution in [2.75, 3.05) is 0 Å². The molecule has 0 spiro atoms. The van der Waals surface area contributed by atoms with Crippen LogP contribution in [0.2, 0.25) is 0 Å². The summed E-state index contributed by atoms with van der Waals surface area (Å²) in [5.41, 5.74) is 16.0. The van der Waals surface area contributed by atoms with Crippen LogP contribution in [0, 0.1) is 0 Å². The van der Waals surface area contributed by atoms with Gasteiger partial charge in [0.15, 0.2) is 0 Å². The van der Waals surface area contributed by atoms with Crippen molar-refractivity contribution in [2.45, 2.75) is 52.4 Å². The molecule has 0 atom stereocenters. The van der Waals surface area contributed by atoms with Gasteiger partial charge in [0.2, 0.25) is 0 Å². The molecule has 3 heterocycles. The van der Waals surface area contributed by atoms with E-state index in [1.165, 1.54) is 93.4 Å². The highest BCUT2D eigenvalue weighted by Crippen LogP contribution is 2.40. The van der Waals surface area contributed by atoms with E-state index in [-0.39, 0.29) is 10.8 Å². The average Bonchev–Trinajstić information content (AvgIpc) is 3.88. The van der Waals surface area contributed by atoms with Crippen LogP contribution < -0.4 is 0 Å². The molecular weight excluding hydrogens is 715 g/mol. The molecule has 0 bridgehead atoms. The fraction of sp³-hybridized carbons (Fsp3) is 0.143. The van der Waals surface area contributed by atoms with Crippen molar-refractivity contribution in [2.24, 2.45) is 0 Å². The van der Waals surface area contributed by atoms with E-state index in [0.717, 1.165) is 11.4 Å². The smallest absolute Gasteiger partial charge is 0.0541 e. The predicted molar refractivity (Wildman–Crippen MR) is 252 cm³/mol. The molecule has 3 nitrogen and oxygen atoms in total. The van der Waals surface area contributed by atoms with Crippen molar-refractivity contribution in [3.05, 3.63) is 187 Å². The summed E-state index contributed by atoms with van der Waals surface area (Å²) in [6.45, 7) is 13.8. The maximum Gasteiger partial charge on any atom is 0.0541 e. The first-order chi connectivity index (χ1) is 28.5. The molecule has 286 valence electrons.